The maximum atomic E-state index is 12.9. The molecule has 106 valence electrons. The summed E-state index contributed by atoms with van der Waals surface area (Å²) in [5, 5.41) is 8.60. The Bertz CT molecular complexity index is 715. The molecule has 0 amide bonds. The first kappa shape index (κ1) is 13.8. The largest absolute Gasteiger partial charge is 0.411 e. The number of rotatable bonds is 4. The number of halogens is 1. The molecule has 0 aliphatic rings. The molecule has 2 aromatic heterocycles. The van der Waals surface area contributed by atoms with Gasteiger partial charge in [-0.3, -0.25) is 4.98 Å². The Kier molecular flexibility index (Phi) is 3.96. The molecule has 0 aliphatic carbocycles. The molecule has 0 N–H and O–H groups in total. The fourth-order valence-electron chi connectivity index (χ4n) is 1.82. The molecule has 1 aromatic carbocycles. The van der Waals surface area contributed by atoms with Crippen LogP contribution in [0.4, 0.5) is 4.39 Å². The van der Waals surface area contributed by atoms with E-state index in [9.17, 15) is 4.39 Å². The van der Waals surface area contributed by atoms with Crippen molar-refractivity contribution < 1.29 is 8.81 Å². The Balaban J connectivity index is 1.74. The molecule has 0 radical (unpaired) electrons. The maximum Gasteiger partial charge on any atom is 0.277 e. The average Bonchev–Trinajstić information content (AvgIpc) is 2.97. The van der Waals surface area contributed by atoms with E-state index in [1.807, 2.05) is 19.1 Å². The van der Waals surface area contributed by atoms with Crippen molar-refractivity contribution in [3.8, 4) is 11.5 Å². The van der Waals surface area contributed by atoms with Crippen molar-refractivity contribution in [3.05, 3.63) is 60.2 Å². The molecule has 0 aliphatic heterocycles. The first-order valence-electron chi connectivity index (χ1n) is 6.38. The van der Waals surface area contributed by atoms with Gasteiger partial charge in [0.05, 0.1) is 5.56 Å². The lowest BCUT2D eigenvalue weighted by molar-refractivity contribution is 0.465. The fraction of sp³-hybridized carbons (Fsp3) is 0.133. The predicted octanol–water partition coefficient (Wildman–Crippen LogP) is 4.12. The summed E-state index contributed by atoms with van der Waals surface area (Å²) in [5.74, 6) is 0.199. The molecule has 0 fully saturated rings. The van der Waals surface area contributed by atoms with Crippen LogP contribution in [-0.2, 0) is 0 Å². The quantitative estimate of drug-likeness (QED) is 0.678. The van der Waals surface area contributed by atoms with E-state index in [4.69, 9.17) is 4.42 Å². The van der Waals surface area contributed by atoms with Gasteiger partial charge in [0, 0.05) is 17.6 Å². The highest BCUT2D eigenvalue weighted by Crippen LogP contribution is 2.34. The van der Waals surface area contributed by atoms with Crippen molar-refractivity contribution in [2.24, 2.45) is 0 Å². The van der Waals surface area contributed by atoms with Crippen LogP contribution in [0.1, 0.15) is 17.7 Å². The van der Waals surface area contributed by atoms with Gasteiger partial charge in [-0.1, -0.05) is 23.9 Å². The summed E-state index contributed by atoms with van der Waals surface area (Å²) >= 11 is 1.43. The summed E-state index contributed by atoms with van der Waals surface area (Å²) < 4.78 is 18.5. The SMILES string of the molecule is C[C@@H](Sc1nnc(-c2cccnc2)o1)c1ccc(F)cc1. The van der Waals surface area contributed by atoms with E-state index in [0.717, 1.165) is 11.1 Å². The second-order valence-corrected chi connectivity index (χ2v) is 5.72. The van der Waals surface area contributed by atoms with Crippen LogP contribution >= 0.6 is 11.8 Å². The summed E-state index contributed by atoms with van der Waals surface area (Å²) in [7, 11) is 0. The molecular weight excluding hydrogens is 289 g/mol. The molecule has 3 aromatic rings. The molecular formula is C15H12FN3OS. The summed E-state index contributed by atoms with van der Waals surface area (Å²) in [6.45, 7) is 2.01. The number of nitrogens with zero attached hydrogens (tertiary/aromatic N) is 3. The highest BCUT2D eigenvalue weighted by Gasteiger charge is 2.14. The van der Waals surface area contributed by atoms with Crippen LogP contribution in [0.15, 0.2) is 58.4 Å². The monoisotopic (exact) mass is 301 g/mol. The Morgan fingerprint density at radius 3 is 2.67 bits per heavy atom. The summed E-state index contributed by atoms with van der Waals surface area (Å²) in [6.07, 6.45) is 3.36. The van der Waals surface area contributed by atoms with Crippen LogP contribution in [0.25, 0.3) is 11.5 Å². The van der Waals surface area contributed by atoms with Crippen LogP contribution in [0.2, 0.25) is 0 Å². The van der Waals surface area contributed by atoms with Gasteiger partial charge in [0.15, 0.2) is 0 Å². The highest BCUT2D eigenvalue weighted by molar-refractivity contribution is 7.99. The van der Waals surface area contributed by atoms with Gasteiger partial charge < -0.3 is 4.42 Å². The maximum absolute atomic E-state index is 12.9. The van der Waals surface area contributed by atoms with Crippen molar-refractivity contribution in [3.63, 3.8) is 0 Å². The summed E-state index contributed by atoms with van der Waals surface area (Å²) in [6, 6.07) is 10.1. The van der Waals surface area contributed by atoms with Gasteiger partial charge in [0.2, 0.25) is 5.89 Å². The first-order chi connectivity index (χ1) is 10.2. The lowest BCUT2D eigenvalue weighted by Crippen LogP contribution is -1.88. The van der Waals surface area contributed by atoms with Crippen molar-refractivity contribution in [2.75, 3.05) is 0 Å². The molecule has 3 rings (SSSR count). The van der Waals surface area contributed by atoms with E-state index < -0.39 is 0 Å². The van der Waals surface area contributed by atoms with Crippen LogP contribution in [0.5, 0.6) is 0 Å². The molecule has 0 saturated carbocycles. The van der Waals surface area contributed by atoms with E-state index in [2.05, 4.69) is 15.2 Å². The van der Waals surface area contributed by atoms with Gasteiger partial charge in [-0.25, -0.2) is 4.39 Å². The molecule has 2 heterocycles. The normalized spacial score (nSPS) is 12.3. The topological polar surface area (TPSA) is 51.8 Å². The zero-order chi connectivity index (χ0) is 14.7. The molecule has 0 bridgehead atoms. The van der Waals surface area contributed by atoms with Gasteiger partial charge in [-0.2, -0.15) is 0 Å². The van der Waals surface area contributed by atoms with Gasteiger partial charge in [-0.05, 0) is 36.8 Å². The molecule has 0 unspecified atom stereocenters. The molecule has 0 saturated heterocycles. The highest BCUT2D eigenvalue weighted by atomic mass is 32.2. The molecule has 1 atom stereocenters. The average molecular weight is 301 g/mol. The number of aromatic nitrogens is 3. The molecule has 4 nitrogen and oxygen atoms in total. The van der Waals surface area contributed by atoms with E-state index in [1.54, 1.807) is 24.5 Å². The predicted molar refractivity (Wildman–Crippen MR) is 78.2 cm³/mol. The van der Waals surface area contributed by atoms with Crippen LogP contribution in [0, 0.1) is 5.82 Å². The number of thioether (sulfide) groups is 1. The van der Waals surface area contributed by atoms with Gasteiger partial charge in [0.25, 0.3) is 5.22 Å². The Labute approximate surface area is 125 Å². The van der Waals surface area contributed by atoms with Crippen LogP contribution in [0.3, 0.4) is 0 Å². The van der Waals surface area contributed by atoms with Crippen molar-refractivity contribution in [1.82, 2.24) is 15.2 Å². The standard InChI is InChI=1S/C15H12FN3OS/c1-10(11-4-6-13(16)7-5-11)21-15-19-18-14(20-15)12-3-2-8-17-9-12/h2-10H,1H3/t10-/m1/s1. The minimum absolute atomic E-state index is 0.0906. The summed E-state index contributed by atoms with van der Waals surface area (Å²) in [4.78, 5) is 4.02. The van der Waals surface area contributed by atoms with Crippen molar-refractivity contribution in [2.45, 2.75) is 17.4 Å². The third-order valence-electron chi connectivity index (χ3n) is 2.93. The van der Waals surface area contributed by atoms with Crippen molar-refractivity contribution in [1.29, 1.82) is 0 Å². The van der Waals surface area contributed by atoms with Gasteiger partial charge in [-0.15, -0.1) is 10.2 Å². The minimum atomic E-state index is -0.243. The number of hydrogen-bond donors (Lipinski definition) is 0. The van der Waals surface area contributed by atoms with Crippen LogP contribution < -0.4 is 0 Å². The third-order valence-corrected chi connectivity index (χ3v) is 3.92. The van der Waals surface area contributed by atoms with E-state index in [1.165, 1.54) is 23.9 Å². The van der Waals surface area contributed by atoms with E-state index in [-0.39, 0.29) is 11.1 Å². The lowest BCUT2D eigenvalue weighted by atomic mass is 10.2. The zero-order valence-corrected chi connectivity index (χ0v) is 12.0. The number of hydrogen-bond acceptors (Lipinski definition) is 5. The second kappa shape index (κ2) is 6.05. The lowest BCUT2D eigenvalue weighted by Gasteiger charge is -2.08. The molecule has 6 heteroatoms. The Hall–Kier alpha value is -2.21. The number of pyridine rings is 1. The smallest absolute Gasteiger partial charge is 0.277 e. The van der Waals surface area contributed by atoms with Gasteiger partial charge >= 0.3 is 0 Å². The zero-order valence-electron chi connectivity index (χ0n) is 11.2. The Morgan fingerprint density at radius 2 is 1.95 bits per heavy atom. The van der Waals surface area contributed by atoms with Crippen molar-refractivity contribution >= 4 is 11.8 Å². The Morgan fingerprint density at radius 1 is 1.14 bits per heavy atom. The fourth-order valence-corrected chi connectivity index (χ4v) is 2.63. The third kappa shape index (κ3) is 3.28. The van der Waals surface area contributed by atoms with E-state index in [0.29, 0.717) is 11.1 Å². The number of benzene rings is 1. The molecule has 0 spiro atoms. The first-order valence-corrected chi connectivity index (χ1v) is 7.26. The van der Waals surface area contributed by atoms with Gasteiger partial charge in [0.1, 0.15) is 5.82 Å². The second-order valence-electron chi connectivity index (χ2n) is 4.43. The summed E-state index contributed by atoms with van der Waals surface area (Å²) in [5.41, 5.74) is 1.79. The van der Waals surface area contributed by atoms with Crippen LogP contribution in [-0.4, -0.2) is 15.2 Å². The molecule has 21 heavy (non-hydrogen) atoms. The van der Waals surface area contributed by atoms with E-state index >= 15 is 0 Å². The minimum Gasteiger partial charge on any atom is -0.411 e.